The van der Waals surface area contributed by atoms with Gasteiger partial charge in [-0.3, -0.25) is 9.59 Å². The molecule has 2 unspecified atom stereocenters. The Hall–Kier alpha value is -0.960. The second kappa shape index (κ2) is 5.77. The third-order valence-electron chi connectivity index (χ3n) is 9.47. The molecule has 26 heavy (non-hydrogen) atoms. The van der Waals surface area contributed by atoms with Crippen molar-refractivity contribution in [1.82, 2.24) is 0 Å². The zero-order chi connectivity index (χ0) is 18.9. The summed E-state index contributed by atoms with van der Waals surface area (Å²) in [4.78, 5) is 24.0. The van der Waals surface area contributed by atoms with Gasteiger partial charge in [0.25, 0.3) is 0 Å². The lowest BCUT2D eigenvalue weighted by molar-refractivity contribution is -0.193. The Kier molecular flexibility index (Phi) is 4.08. The van der Waals surface area contributed by atoms with Gasteiger partial charge in [0.2, 0.25) is 0 Å². The van der Waals surface area contributed by atoms with E-state index < -0.39 is 5.60 Å². The van der Waals surface area contributed by atoms with Crippen LogP contribution in [0, 0.1) is 34.5 Å². The minimum absolute atomic E-state index is 0.123. The van der Waals surface area contributed by atoms with E-state index in [-0.39, 0.29) is 22.5 Å². The predicted molar refractivity (Wildman–Crippen MR) is 102 cm³/mol. The third-order valence-corrected chi connectivity index (χ3v) is 9.47. The predicted octanol–water partition coefficient (Wildman–Crippen LogP) is 4.47. The normalized spacial score (nSPS) is 48.9. The van der Waals surface area contributed by atoms with Crippen molar-refractivity contribution in [3.63, 3.8) is 0 Å². The van der Waals surface area contributed by atoms with Crippen LogP contribution in [0.1, 0.15) is 79.1 Å². The van der Waals surface area contributed by atoms with E-state index in [1.54, 1.807) is 6.92 Å². The molecule has 3 nitrogen and oxygen atoms in total. The molecular weight excluding hydrogens is 324 g/mol. The molecule has 0 radical (unpaired) electrons. The molecule has 4 rings (SSSR count). The van der Waals surface area contributed by atoms with Crippen LogP contribution < -0.4 is 0 Å². The Morgan fingerprint density at radius 1 is 1.12 bits per heavy atom. The minimum Gasteiger partial charge on any atom is -0.389 e. The zero-order valence-electron chi connectivity index (χ0n) is 16.8. The van der Waals surface area contributed by atoms with Crippen LogP contribution in [-0.4, -0.2) is 22.3 Å². The van der Waals surface area contributed by atoms with Gasteiger partial charge in [0.15, 0.2) is 5.78 Å². The third kappa shape index (κ3) is 2.22. The number of carbonyl (C=O) groups excluding carboxylic acids is 2. The van der Waals surface area contributed by atoms with Gasteiger partial charge < -0.3 is 5.11 Å². The summed E-state index contributed by atoms with van der Waals surface area (Å²) in [6, 6.07) is 0. The number of aliphatic hydroxyl groups is 1. The van der Waals surface area contributed by atoms with Crippen molar-refractivity contribution >= 4 is 11.6 Å². The Labute approximate surface area is 157 Å². The van der Waals surface area contributed by atoms with E-state index in [1.165, 1.54) is 5.57 Å². The Morgan fingerprint density at radius 3 is 2.54 bits per heavy atom. The van der Waals surface area contributed by atoms with E-state index >= 15 is 0 Å². The lowest BCUT2D eigenvalue weighted by atomic mass is 9.44. The van der Waals surface area contributed by atoms with Gasteiger partial charge in [-0.2, -0.15) is 0 Å². The van der Waals surface area contributed by atoms with Crippen LogP contribution in [0.25, 0.3) is 0 Å². The average molecular weight is 359 g/mol. The summed E-state index contributed by atoms with van der Waals surface area (Å²) >= 11 is 0. The summed E-state index contributed by atoms with van der Waals surface area (Å²) in [5.74, 6) is 1.93. The molecule has 7 atom stereocenters. The van der Waals surface area contributed by atoms with Crippen molar-refractivity contribution in [3.05, 3.63) is 11.6 Å². The van der Waals surface area contributed by atoms with Crippen LogP contribution in [0.15, 0.2) is 11.6 Å². The lowest BCUT2D eigenvalue weighted by Gasteiger charge is -2.63. The molecule has 0 saturated heterocycles. The van der Waals surface area contributed by atoms with Crippen molar-refractivity contribution in [2.45, 2.75) is 84.7 Å². The van der Waals surface area contributed by atoms with Crippen LogP contribution in [0.3, 0.4) is 0 Å². The van der Waals surface area contributed by atoms with Gasteiger partial charge in [-0.05, 0) is 81.1 Å². The smallest absolute Gasteiger partial charge is 0.155 e. The molecule has 0 bridgehead atoms. The van der Waals surface area contributed by atoms with E-state index in [4.69, 9.17) is 0 Å². The molecule has 144 valence electrons. The molecule has 3 fully saturated rings. The molecule has 3 saturated carbocycles. The zero-order valence-corrected chi connectivity index (χ0v) is 16.8. The van der Waals surface area contributed by atoms with Crippen LogP contribution >= 0.6 is 0 Å². The van der Waals surface area contributed by atoms with Gasteiger partial charge in [0.05, 0.1) is 5.60 Å². The minimum atomic E-state index is -0.684. The molecule has 0 aromatic heterocycles. The number of hydrogen-bond acceptors (Lipinski definition) is 3. The fourth-order valence-electron chi connectivity index (χ4n) is 7.65. The summed E-state index contributed by atoms with van der Waals surface area (Å²) in [5, 5.41) is 12.0. The average Bonchev–Trinajstić information content (AvgIpc) is 2.93. The second-order valence-electron chi connectivity index (χ2n) is 10.2. The Balaban J connectivity index is 1.70. The highest BCUT2D eigenvalue weighted by Gasteiger charge is 2.66. The van der Waals surface area contributed by atoms with Gasteiger partial charge in [-0.25, -0.2) is 0 Å². The largest absolute Gasteiger partial charge is 0.389 e. The van der Waals surface area contributed by atoms with E-state index in [1.807, 2.05) is 6.08 Å². The maximum Gasteiger partial charge on any atom is 0.155 e. The summed E-state index contributed by atoms with van der Waals surface area (Å²) in [6.45, 7) is 8.45. The van der Waals surface area contributed by atoms with E-state index in [0.717, 1.165) is 44.9 Å². The highest BCUT2D eigenvalue weighted by atomic mass is 16.3. The fraction of sp³-hybridized carbons (Fsp3) is 0.826. The van der Waals surface area contributed by atoms with Crippen molar-refractivity contribution in [2.24, 2.45) is 34.5 Å². The van der Waals surface area contributed by atoms with Crippen molar-refractivity contribution in [3.8, 4) is 0 Å². The first-order valence-electron chi connectivity index (χ1n) is 10.6. The van der Waals surface area contributed by atoms with Crippen molar-refractivity contribution in [1.29, 1.82) is 0 Å². The molecule has 4 aliphatic carbocycles. The molecule has 0 heterocycles. The summed E-state index contributed by atoms with van der Waals surface area (Å²) in [6.07, 6.45) is 9.23. The highest BCUT2D eigenvalue weighted by Crippen LogP contribution is 2.68. The molecule has 0 spiro atoms. The first-order valence-corrected chi connectivity index (χ1v) is 10.6. The van der Waals surface area contributed by atoms with E-state index in [2.05, 4.69) is 20.8 Å². The number of ketones is 2. The summed E-state index contributed by atoms with van der Waals surface area (Å²) in [5.41, 5.74) is 0.443. The van der Waals surface area contributed by atoms with Gasteiger partial charge in [0.1, 0.15) is 5.78 Å². The molecule has 0 aliphatic heterocycles. The van der Waals surface area contributed by atoms with Gasteiger partial charge in [-0.15, -0.1) is 0 Å². The molecule has 1 N–H and O–H groups in total. The van der Waals surface area contributed by atoms with Gasteiger partial charge >= 0.3 is 0 Å². The SMILES string of the molecule is CC(=O)[C@@H](C)[C@H]1CCC2C3CCC4=CC(=O)CC[C@]4(C)[C@@]3(O)CC[C@@]21C. The van der Waals surface area contributed by atoms with E-state index in [0.29, 0.717) is 30.0 Å². The fourth-order valence-corrected chi connectivity index (χ4v) is 7.65. The maximum absolute atomic E-state index is 12.1. The quantitative estimate of drug-likeness (QED) is 0.792. The second-order valence-corrected chi connectivity index (χ2v) is 10.2. The topological polar surface area (TPSA) is 54.4 Å². The Bertz CT molecular complexity index is 679. The standard InChI is InChI=1S/C23H34O3/c1-14(15(2)24)18-7-8-19-20-6-5-16-13-17(25)9-10-22(16,4)23(20,26)12-11-21(18,19)3/h13-14,18-20,26H,5-12H2,1-4H3/t14-,18-,19?,20?,21-,22+,23-/m1/s1. The molecule has 0 amide bonds. The van der Waals surface area contributed by atoms with Crippen molar-refractivity contribution in [2.75, 3.05) is 0 Å². The molecule has 3 heteroatoms. The number of fused-ring (bicyclic) bond motifs is 5. The highest BCUT2D eigenvalue weighted by molar-refractivity contribution is 5.91. The molecule has 0 aromatic rings. The maximum atomic E-state index is 12.1. The summed E-state index contributed by atoms with van der Waals surface area (Å²) in [7, 11) is 0. The van der Waals surface area contributed by atoms with Crippen LogP contribution in [-0.2, 0) is 9.59 Å². The van der Waals surface area contributed by atoms with Crippen LogP contribution in [0.5, 0.6) is 0 Å². The van der Waals surface area contributed by atoms with Gasteiger partial charge in [-0.1, -0.05) is 26.3 Å². The first-order chi connectivity index (χ1) is 12.1. The van der Waals surface area contributed by atoms with Crippen molar-refractivity contribution < 1.29 is 14.7 Å². The van der Waals surface area contributed by atoms with Crippen LogP contribution in [0.4, 0.5) is 0 Å². The number of carbonyl (C=O) groups is 2. The van der Waals surface area contributed by atoms with E-state index in [9.17, 15) is 14.7 Å². The van der Waals surface area contributed by atoms with Crippen LogP contribution in [0.2, 0.25) is 0 Å². The number of Topliss-reactive ketones (excluding diaryl/α,β-unsaturated/α-hetero) is 1. The van der Waals surface area contributed by atoms with Gasteiger partial charge in [0, 0.05) is 17.8 Å². The molecular formula is C23H34O3. The Morgan fingerprint density at radius 2 is 1.85 bits per heavy atom. The monoisotopic (exact) mass is 358 g/mol. The number of rotatable bonds is 2. The lowest BCUT2D eigenvalue weighted by Crippen LogP contribution is -2.63. The molecule has 4 aliphatic rings. The summed E-state index contributed by atoms with van der Waals surface area (Å²) < 4.78 is 0. The number of hydrogen-bond donors (Lipinski definition) is 1. The molecule has 0 aromatic carbocycles. The first kappa shape index (κ1) is 18.4.